The van der Waals surface area contributed by atoms with Crippen molar-refractivity contribution in [3.8, 4) is 22.3 Å². The van der Waals surface area contributed by atoms with E-state index >= 15 is 0 Å². The summed E-state index contributed by atoms with van der Waals surface area (Å²) in [5.41, 5.74) is 11.0. The molecule has 10 aromatic rings. The highest BCUT2D eigenvalue weighted by Crippen LogP contribution is 2.44. The fourth-order valence-electron chi connectivity index (χ4n) is 7.31. The number of hydrogen-bond acceptors (Lipinski definition) is 4. The SMILES string of the molecule is c1ccc(-c2ccc(N(c3ccc(-c4cc5oc6ncccc6c5c5ccccc45)cc3)c3cccc4oc5ccccc5c34)cc2)cc1. The second-order valence-electron chi connectivity index (χ2n) is 12.3. The minimum Gasteiger partial charge on any atom is -0.456 e. The van der Waals surface area contributed by atoms with Crippen molar-refractivity contribution in [1.82, 2.24) is 4.98 Å². The van der Waals surface area contributed by atoms with Crippen molar-refractivity contribution in [1.29, 1.82) is 0 Å². The van der Waals surface area contributed by atoms with Crippen LogP contribution in [0.3, 0.4) is 0 Å². The molecular weight excluding hydrogens is 601 g/mol. The zero-order valence-corrected chi connectivity index (χ0v) is 26.4. The van der Waals surface area contributed by atoms with E-state index in [4.69, 9.17) is 8.83 Å². The van der Waals surface area contributed by atoms with Crippen molar-refractivity contribution >= 4 is 71.8 Å². The van der Waals surface area contributed by atoms with Crippen LogP contribution in [0.4, 0.5) is 17.1 Å². The average molecular weight is 629 g/mol. The number of pyridine rings is 1. The number of hydrogen-bond donors (Lipinski definition) is 0. The van der Waals surface area contributed by atoms with Crippen molar-refractivity contribution in [2.24, 2.45) is 0 Å². The van der Waals surface area contributed by atoms with Gasteiger partial charge >= 0.3 is 0 Å². The lowest BCUT2D eigenvalue weighted by Crippen LogP contribution is -2.10. The summed E-state index contributed by atoms with van der Waals surface area (Å²) < 4.78 is 12.6. The minimum atomic E-state index is 0.657. The van der Waals surface area contributed by atoms with E-state index < -0.39 is 0 Å². The number of para-hydroxylation sites is 1. The van der Waals surface area contributed by atoms with E-state index in [1.54, 1.807) is 6.20 Å². The van der Waals surface area contributed by atoms with E-state index in [0.29, 0.717) is 5.71 Å². The number of nitrogens with zero attached hydrogens (tertiary/aromatic N) is 2. The van der Waals surface area contributed by atoms with Crippen molar-refractivity contribution in [2.75, 3.05) is 4.90 Å². The van der Waals surface area contributed by atoms with Crippen molar-refractivity contribution in [2.45, 2.75) is 0 Å². The molecule has 0 atom stereocenters. The Morgan fingerprint density at radius 3 is 1.84 bits per heavy atom. The van der Waals surface area contributed by atoms with Gasteiger partial charge in [0.05, 0.1) is 11.1 Å². The van der Waals surface area contributed by atoms with Crippen molar-refractivity contribution in [3.63, 3.8) is 0 Å². The largest absolute Gasteiger partial charge is 0.456 e. The topological polar surface area (TPSA) is 42.4 Å². The van der Waals surface area contributed by atoms with Crippen molar-refractivity contribution < 1.29 is 8.83 Å². The summed E-state index contributed by atoms with van der Waals surface area (Å²) >= 11 is 0. The summed E-state index contributed by atoms with van der Waals surface area (Å²) in [5, 5.41) is 6.65. The molecule has 4 nitrogen and oxygen atoms in total. The van der Waals surface area contributed by atoms with Crippen LogP contribution in [-0.4, -0.2) is 4.98 Å². The average Bonchev–Trinajstić information content (AvgIpc) is 3.75. The predicted octanol–water partition coefficient (Wildman–Crippen LogP) is 12.8. The molecule has 4 heteroatoms. The van der Waals surface area contributed by atoms with Gasteiger partial charge in [0.1, 0.15) is 16.7 Å². The maximum atomic E-state index is 6.33. The summed E-state index contributed by atoms with van der Waals surface area (Å²) in [6.07, 6.45) is 1.78. The first-order valence-corrected chi connectivity index (χ1v) is 16.5. The highest BCUT2D eigenvalue weighted by molar-refractivity contribution is 6.21. The van der Waals surface area contributed by atoms with Crippen LogP contribution in [0, 0.1) is 0 Å². The molecule has 3 heterocycles. The molecule has 0 aliphatic heterocycles. The Balaban J connectivity index is 1.15. The normalized spacial score (nSPS) is 11.7. The zero-order valence-electron chi connectivity index (χ0n) is 26.4. The molecule has 0 N–H and O–H groups in total. The first-order valence-electron chi connectivity index (χ1n) is 16.5. The van der Waals surface area contributed by atoms with Gasteiger partial charge in [-0.1, -0.05) is 103 Å². The Morgan fingerprint density at radius 1 is 0.408 bits per heavy atom. The van der Waals surface area contributed by atoms with Crippen LogP contribution in [-0.2, 0) is 0 Å². The van der Waals surface area contributed by atoms with Crippen LogP contribution in [0.1, 0.15) is 0 Å². The van der Waals surface area contributed by atoms with E-state index in [2.05, 4.69) is 143 Å². The van der Waals surface area contributed by atoms with E-state index in [0.717, 1.165) is 71.9 Å². The standard InChI is InChI=1S/C45H28N2O2/c1-2-10-29(11-3-1)30-19-23-32(24-20-30)47(39-16-8-18-41-44(39)36-14-6-7-17-40(36)48-41)33-25-21-31(22-26-33)38-28-42-43(35-13-5-4-12-34(35)38)37-15-9-27-46-45(37)49-42/h1-28H. The van der Waals surface area contributed by atoms with Gasteiger partial charge in [-0.3, -0.25) is 0 Å². The van der Waals surface area contributed by atoms with Gasteiger partial charge in [-0.25, -0.2) is 4.98 Å². The van der Waals surface area contributed by atoms with Crippen LogP contribution in [0.2, 0.25) is 0 Å². The summed E-state index contributed by atoms with van der Waals surface area (Å²) in [6.45, 7) is 0. The first kappa shape index (κ1) is 27.5. The minimum absolute atomic E-state index is 0.657. The molecule has 0 spiro atoms. The fourth-order valence-corrected chi connectivity index (χ4v) is 7.31. The van der Waals surface area contributed by atoms with Crippen LogP contribution in [0.15, 0.2) is 179 Å². The third-order valence-electron chi connectivity index (χ3n) is 9.55. The molecular formula is C45H28N2O2. The molecule has 0 aliphatic carbocycles. The van der Waals surface area contributed by atoms with Crippen LogP contribution in [0.25, 0.3) is 77.0 Å². The monoisotopic (exact) mass is 628 g/mol. The molecule has 0 fully saturated rings. The number of rotatable bonds is 5. The quantitative estimate of drug-likeness (QED) is 0.190. The van der Waals surface area contributed by atoms with Gasteiger partial charge < -0.3 is 13.7 Å². The summed E-state index contributed by atoms with van der Waals surface area (Å²) in [6, 6.07) is 57.5. The molecule has 0 aliphatic rings. The van der Waals surface area contributed by atoms with E-state index in [1.165, 1.54) is 16.5 Å². The van der Waals surface area contributed by atoms with Gasteiger partial charge in [-0.2, -0.15) is 0 Å². The van der Waals surface area contributed by atoms with Crippen LogP contribution in [0.5, 0.6) is 0 Å². The molecule has 0 bridgehead atoms. The lowest BCUT2D eigenvalue weighted by atomic mass is 9.95. The fraction of sp³-hybridized carbons (Fsp3) is 0. The molecule has 3 aromatic heterocycles. The Labute approximate surface area is 282 Å². The van der Waals surface area contributed by atoms with Gasteiger partial charge in [0, 0.05) is 33.7 Å². The summed E-state index contributed by atoms with van der Waals surface area (Å²) in [5.74, 6) is 0. The molecule has 10 rings (SSSR count). The summed E-state index contributed by atoms with van der Waals surface area (Å²) in [7, 11) is 0. The molecule has 230 valence electrons. The summed E-state index contributed by atoms with van der Waals surface area (Å²) in [4.78, 5) is 6.82. The molecule has 0 amide bonds. The number of benzene rings is 7. The molecule has 0 saturated heterocycles. The van der Waals surface area contributed by atoms with Crippen molar-refractivity contribution in [3.05, 3.63) is 170 Å². The van der Waals surface area contributed by atoms with Crippen LogP contribution >= 0.6 is 0 Å². The Morgan fingerprint density at radius 2 is 1.04 bits per heavy atom. The third-order valence-corrected chi connectivity index (χ3v) is 9.55. The van der Waals surface area contributed by atoms with Gasteiger partial charge in [0.25, 0.3) is 0 Å². The zero-order chi connectivity index (χ0) is 32.3. The molecule has 0 radical (unpaired) electrons. The molecule has 7 aromatic carbocycles. The van der Waals surface area contributed by atoms with E-state index in [-0.39, 0.29) is 0 Å². The number of aromatic nitrogens is 1. The van der Waals surface area contributed by atoms with E-state index in [9.17, 15) is 0 Å². The highest BCUT2D eigenvalue weighted by atomic mass is 16.3. The Kier molecular flexibility index (Phi) is 6.15. The maximum Gasteiger partial charge on any atom is 0.227 e. The van der Waals surface area contributed by atoms with Gasteiger partial charge in [0.15, 0.2) is 0 Å². The second kappa shape index (κ2) is 11.0. The van der Waals surface area contributed by atoms with Gasteiger partial charge in [-0.15, -0.1) is 0 Å². The van der Waals surface area contributed by atoms with Gasteiger partial charge in [0.2, 0.25) is 5.71 Å². The predicted molar refractivity (Wildman–Crippen MR) is 202 cm³/mol. The van der Waals surface area contributed by atoms with Gasteiger partial charge in [-0.05, 0) is 93.7 Å². The first-order chi connectivity index (χ1) is 24.3. The third kappa shape index (κ3) is 4.42. The molecule has 0 saturated carbocycles. The lowest BCUT2D eigenvalue weighted by molar-refractivity contribution is 0.654. The number of furan rings is 2. The van der Waals surface area contributed by atoms with Crippen LogP contribution < -0.4 is 4.90 Å². The Hall–Kier alpha value is -6.65. The smallest absolute Gasteiger partial charge is 0.227 e. The lowest BCUT2D eigenvalue weighted by Gasteiger charge is -2.26. The van der Waals surface area contributed by atoms with E-state index in [1.807, 2.05) is 30.3 Å². The molecule has 49 heavy (non-hydrogen) atoms. The Bertz CT molecular complexity index is 2810. The number of anilines is 3. The number of fused-ring (bicyclic) bond motifs is 8. The molecule has 0 unspecified atom stereocenters. The second-order valence-corrected chi connectivity index (χ2v) is 12.3. The maximum absolute atomic E-state index is 6.33. The highest BCUT2D eigenvalue weighted by Gasteiger charge is 2.20.